The summed E-state index contributed by atoms with van der Waals surface area (Å²) in [6.45, 7) is 8.18. The van der Waals surface area contributed by atoms with Crippen molar-refractivity contribution in [3.63, 3.8) is 0 Å². The van der Waals surface area contributed by atoms with Gasteiger partial charge in [0, 0.05) is 31.7 Å². The minimum Gasteiger partial charge on any atom is -0.507 e. The Morgan fingerprint density at radius 2 is 1.67 bits per heavy atom. The third kappa shape index (κ3) is 5.90. The molecule has 2 heterocycles. The van der Waals surface area contributed by atoms with Crippen LogP contribution in [0.1, 0.15) is 33.9 Å². The van der Waals surface area contributed by atoms with Crippen LogP contribution in [0.15, 0.2) is 78.4 Å². The second-order valence-electron chi connectivity index (χ2n) is 10.1. The van der Waals surface area contributed by atoms with E-state index in [1.807, 2.05) is 74.5 Å². The van der Waals surface area contributed by atoms with E-state index >= 15 is 0 Å². The third-order valence-corrected chi connectivity index (χ3v) is 7.40. The van der Waals surface area contributed by atoms with E-state index in [2.05, 4.69) is 4.90 Å². The first-order chi connectivity index (χ1) is 18.9. The van der Waals surface area contributed by atoms with Crippen LogP contribution in [-0.2, 0) is 20.9 Å². The molecule has 2 saturated heterocycles. The molecule has 1 N–H and O–H groups in total. The Labute approximate surface area is 229 Å². The number of likely N-dealkylation sites (tertiary alicyclic amines) is 1. The fourth-order valence-corrected chi connectivity index (χ4v) is 5.16. The molecule has 202 valence electrons. The third-order valence-electron chi connectivity index (χ3n) is 7.40. The van der Waals surface area contributed by atoms with Crippen molar-refractivity contribution < 1.29 is 24.2 Å². The molecule has 7 heteroatoms. The maximum absolute atomic E-state index is 13.4. The van der Waals surface area contributed by atoms with Crippen molar-refractivity contribution in [2.45, 2.75) is 26.5 Å². The largest absolute Gasteiger partial charge is 0.507 e. The lowest BCUT2D eigenvalue weighted by Crippen LogP contribution is -2.42. The van der Waals surface area contributed by atoms with Gasteiger partial charge in [-0.2, -0.15) is 0 Å². The molecule has 2 aliphatic heterocycles. The lowest BCUT2D eigenvalue weighted by Gasteiger charge is -2.31. The van der Waals surface area contributed by atoms with E-state index in [0.717, 1.165) is 35.3 Å². The normalized spacial score (nSPS) is 19.4. The summed E-state index contributed by atoms with van der Waals surface area (Å²) in [5.41, 5.74) is 4.30. The maximum Gasteiger partial charge on any atom is 0.295 e. The number of aryl methyl sites for hydroxylation is 2. The Balaban J connectivity index is 1.45. The fourth-order valence-electron chi connectivity index (χ4n) is 5.16. The van der Waals surface area contributed by atoms with Gasteiger partial charge in [-0.05, 0) is 48.7 Å². The molecule has 3 aromatic rings. The molecule has 0 spiro atoms. The molecule has 3 aromatic carbocycles. The topological polar surface area (TPSA) is 79.3 Å². The first-order valence-corrected chi connectivity index (χ1v) is 13.3. The van der Waals surface area contributed by atoms with Crippen molar-refractivity contribution in [3.05, 3.63) is 106 Å². The van der Waals surface area contributed by atoms with E-state index in [1.54, 1.807) is 17.0 Å². The highest BCUT2D eigenvalue weighted by atomic mass is 16.5. The number of aliphatic hydroxyl groups is 1. The van der Waals surface area contributed by atoms with Gasteiger partial charge in [-0.25, -0.2) is 0 Å². The molecule has 1 atom stereocenters. The summed E-state index contributed by atoms with van der Waals surface area (Å²) in [5, 5.41) is 11.5. The van der Waals surface area contributed by atoms with Crippen molar-refractivity contribution in [1.82, 2.24) is 9.80 Å². The summed E-state index contributed by atoms with van der Waals surface area (Å²) >= 11 is 0. The van der Waals surface area contributed by atoms with Gasteiger partial charge in [0.25, 0.3) is 11.7 Å². The average molecular weight is 527 g/mol. The van der Waals surface area contributed by atoms with Crippen LogP contribution < -0.4 is 4.74 Å². The molecular weight excluding hydrogens is 492 g/mol. The predicted molar refractivity (Wildman–Crippen MR) is 149 cm³/mol. The smallest absolute Gasteiger partial charge is 0.295 e. The summed E-state index contributed by atoms with van der Waals surface area (Å²) in [7, 11) is 0. The van der Waals surface area contributed by atoms with Crippen LogP contribution in [-0.4, -0.2) is 66.0 Å². The number of morpholine rings is 1. The summed E-state index contributed by atoms with van der Waals surface area (Å²) in [6, 6.07) is 22.4. The van der Waals surface area contributed by atoms with E-state index in [0.29, 0.717) is 44.2 Å². The number of amides is 1. The van der Waals surface area contributed by atoms with Crippen molar-refractivity contribution in [2.24, 2.45) is 0 Å². The van der Waals surface area contributed by atoms with Gasteiger partial charge in [-0.3, -0.25) is 14.5 Å². The van der Waals surface area contributed by atoms with Crippen molar-refractivity contribution >= 4 is 17.4 Å². The van der Waals surface area contributed by atoms with E-state index < -0.39 is 17.7 Å². The standard InChI is InChI=1S/C32H34N2O5/c1-22-8-10-25(11-9-22)29-28(31(36)32(37)34(29)15-14-33-16-18-38-19-17-33)30(35)27-13-12-26(20-23(27)2)39-21-24-6-4-3-5-7-24/h3-13,20,29,35H,14-19,21H2,1-2H3/b30-28+. The number of rotatable bonds is 8. The number of nitrogens with zero attached hydrogens (tertiary/aromatic N) is 2. The van der Waals surface area contributed by atoms with Gasteiger partial charge in [0.15, 0.2) is 0 Å². The van der Waals surface area contributed by atoms with E-state index in [1.165, 1.54) is 0 Å². The van der Waals surface area contributed by atoms with Crippen LogP contribution in [0.5, 0.6) is 5.75 Å². The SMILES string of the molecule is Cc1ccc(C2/C(=C(\O)c3ccc(OCc4ccccc4)cc3C)C(=O)C(=O)N2CCN2CCOCC2)cc1. The van der Waals surface area contributed by atoms with Gasteiger partial charge >= 0.3 is 0 Å². The number of hydrogen-bond donors (Lipinski definition) is 1. The fraction of sp³-hybridized carbons (Fsp3) is 0.312. The average Bonchev–Trinajstić information content (AvgIpc) is 3.21. The van der Waals surface area contributed by atoms with Gasteiger partial charge in [-0.1, -0.05) is 60.2 Å². The molecule has 0 radical (unpaired) electrons. The highest BCUT2D eigenvalue weighted by molar-refractivity contribution is 6.46. The molecular formula is C32H34N2O5. The van der Waals surface area contributed by atoms with Gasteiger partial charge < -0.3 is 19.5 Å². The Bertz CT molecular complexity index is 1360. The second-order valence-corrected chi connectivity index (χ2v) is 10.1. The van der Waals surface area contributed by atoms with Crippen LogP contribution in [0.25, 0.3) is 5.76 Å². The molecule has 39 heavy (non-hydrogen) atoms. The predicted octanol–water partition coefficient (Wildman–Crippen LogP) is 4.64. The minimum absolute atomic E-state index is 0.117. The number of ether oxygens (including phenoxy) is 2. The zero-order valence-corrected chi connectivity index (χ0v) is 22.4. The van der Waals surface area contributed by atoms with E-state index in [-0.39, 0.29) is 11.3 Å². The van der Waals surface area contributed by atoms with E-state index in [4.69, 9.17) is 9.47 Å². The number of carbonyl (C=O) groups is 2. The van der Waals surface area contributed by atoms with Crippen molar-refractivity contribution in [2.75, 3.05) is 39.4 Å². The van der Waals surface area contributed by atoms with Gasteiger partial charge in [-0.15, -0.1) is 0 Å². The number of Topliss-reactive ketones (excluding diaryl/α,β-unsaturated/α-hetero) is 1. The summed E-state index contributed by atoms with van der Waals surface area (Å²) < 4.78 is 11.4. The van der Waals surface area contributed by atoms with Gasteiger partial charge in [0.1, 0.15) is 18.1 Å². The number of benzene rings is 3. The number of hydrogen-bond acceptors (Lipinski definition) is 6. The van der Waals surface area contributed by atoms with Crippen molar-refractivity contribution in [1.29, 1.82) is 0 Å². The number of carbonyl (C=O) groups excluding carboxylic acids is 2. The highest BCUT2D eigenvalue weighted by Gasteiger charge is 2.46. The van der Waals surface area contributed by atoms with Gasteiger partial charge in [0.2, 0.25) is 0 Å². The van der Waals surface area contributed by atoms with Crippen molar-refractivity contribution in [3.8, 4) is 5.75 Å². The van der Waals surface area contributed by atoms with E-state index in [9.17, 15) is 14.7 Å². The Kier molecular flexibility index (Phi) is 8.10. The molecule has 0 aromatic heterocycles. The minimum atomic E-state index is -0.667. The zero-order valence-electron chi connectivity index (χ0n) is 22.4. The lowest BCUT2D eigenvalue weighted by molar-refractivity contribution is -0.140. The van der Waals surface area contributed by atoms with Crippen LogP contribution in [0.3, 0.4) is 0 Å². The molecule has 7 nitrogen and oxygen atoms in total. The Morgan fingerprint density at radius 3 is 2.36 bits per heavy atom. The Morgan fingerprint density at radius 1 is 0.949 bits per heavy atom. The monoisotopic (exact) mass is 526 g/mol. The molecule has 0 bridgehead atoms. The summed E-state index contributed by atoms with van der Waals surface area (Å²) in [6.07, 6.45) is 0. The molecule has 1 unspecified atom stereocenters. The van der Waals surface area contributed by atoms with Crippen LogP contribution in [0.2, 0.25) is 0 Å². The number of ketones is 1. The molecule has 0 aliphatic carbocycles. The summed E-state index contributed by atoms with van der Waals surface area (Å²) in [4.78, 5) is 30.5. The van der Waals surface area contributed by atoms with Crippen LogP contribution >= 0.6 is 0 Å². The first-order valence-electron chi connectivity index (χ1n) is 13.3. The number of aliphatic hydroxyl groups excluding tert-OH is 1. The maximum atomic E-state index is 13.4. The van der Waals surface area contributed by atoms with Gasteiger partial charge in [0.05, 0.1) is 24.8 Å². The molecule has 1 amide bonds. The quantitative estimate of drug-likeness (QED) is 0.262. The van der Waals surface area contributed by atoms with Crippen LogP contribution in [0.4, 0.5) is 0 Å². The first kappa shape index (κ1) is 26.7. The molecule has 2 fully saturated rings. The molecule has 2 aliphatic rings. The zero-order chi connectivity index (χ0) is 27.4. The second kappa shape index (κ2) is 11.8. The summed E-state index contributed by atoms with van der Waals surface area (Å²) in [5.74, 6) is -0.756. The highest BCUT2D eigenvalue weighted by Crippen LogP contribution is 2.40. The molecule has 5 rings (SSSR count). The molecule has 0 saturated carbocycles. The Hall–Kier alpha value is -3.94. The van der Waals surface area contributed by atoms with Crippen LogP contribution in [0, 0.1) is 13.8 Å². The lowest BCUT2D eigenvalue weighted by atomic mass is 9.93.